The minimum Gasteiger partial charge on any atom is -0.373 e. The van der Waals surface area contributed by atoms with Crippen LogP contribution in [-0.4, -0.2) is 86.5 Å². The molecule has 6 aliphatic heterocycles. The molecule has 8 fully saturated rings. The first-order chi connectivity index (χ1) is 15.2. The van der Waals surface area contributed by atoms with Crippen LogP contribution in [0.2, 0.25) is 0 Å². The highest BCUT2D eigenvalue weighted by atomic mass is 16.6. The van der Waals surface area contributed by atoms with E-state index in [1.807, 2.05) is 0 Å². The van der Waals surface area contributed by atoms with Crippen LogP contribution in [0.25, 0.3) is 0 Å². The monoisotopic (exact) mass is 434 g/mol. The Hall–Kier alpha value is -0.280. The van der Waals surface area contributed by atoms with Gasteiger partial charge in [-0.15, -0.1) is 0 Å². The van der Waals surface area contributed by atoms with E-state index in [0.717, 1.165) is 77.8 Å². The van der Waals surface area contributed by atoms with Gasteiger partial charge in [0, 0.05) is 25.7 Å². The average Bonchev–Trinajstić information content (AvgIpc) is 3.43. The Morgan fingerprint density at radius 3 is 1.39 bits per heavy atom. The van der Waals surface area contributed by atoms with Crippen molar-refractivity contribution >= 4 is 0 Å². The van der Waals surface area contributed by atoms with Crippen LogP contribution in [-0.2, 0) is 33.2 Å². The quantitative estimate of drug-likeness (QED) is 0.486. The molecule has 0 radical (unpaired) electrons. The lowest BCUT2D eigenvalue weighted by Crippen LogP contribution is -2.58. The predicted octanol–water partition coefficient (Wildman–Crippen LogP) is 1.99. The van der Waals surface area contributed by atoms with Crippen LogP contribution in [0.3, 0.4) is 0 Å². The summed E-state index contributed by atoms with van der Waals surface area (Å²) in [6.07, 6.45) is 11.5. The lowest BCUT2D eigenvalue weighted by atomic mass is 9.67. The number of hydrogen-bond acceptors (Lipinski definition) is 7. The molecule has 172 valence electrons. The van der Waals surface area contributed by atoms with E-state index in [1.165, 1.54) is 0 Å². The van der Waals surface area contributed by atoms with Crippen LogP contribution in [0.5, 0.6) is 0 Å². The van der Waals surface area contributed by atoms with Crippen molar-refractivity contribution in [2.45, 2.75) is 111 Å². The SMILES string of the molecule is C1OC1CC1CC2OC2CC1(CC1CO1)OC1(CC2CO2)CC2OC2CC1CC1CO1. The Bertz CT molecular complexity index is 659. The summed E-state index contributed by atoms with van der Waals surface area (Å²) in [7, 11) is 0. The molecule has 2 saturated carbocycles. The highest BCUT2D eigenvalue weighted by Gasteiger charge is 2.65. The van der Waals surface area contributed by atoms with Gasteiger partial charge in [-0.05, 0) is 37.5 Å². The highest BCUT2D eigenvalue weighted by molar-refractivity contribution is 5.13. The molecule has 6 saturated heterocycles. The maximum Gasteiger partial charge on any atom is 0.0869 e. The molecule has 2 aliphatic carbocycles. The highest BCUT2D eigenvalue weighted by Crippen LogP contribution is 2.59. The van der Waals surface area contributed by atoms with Crippen LogP contribution in [0.1, 0.15) is 51.4 Å². The average molecular weight is 435 g/mol. The Kier molecular flexibility index (Phi) is 4.09. The zero-order valence-electron chi connectivity index (χ0n) is 18.1. The van der Waals surface area contributed by atoms with Crippen molar-refractivity contribution in [3.8, 4) is 0 Å². The first-order valence-electron chi connectivity index (χ1n) is 12.6. The first-order valence-corrected chi connectivity index (χ1v) is 12.6. The van der Waals surface area contributed by atoms with E-state index in [4.69, 9.17) is 33.2 Å². The van der Waals surface area contributed by atoms with Gasteiger partial charge >= 0.3 is 0 Å². The smallest absolute Gasteiger partial charge is 0.0869 e. The predicted molar refractivity (Wildman–Crippen MR) is 107 cm³/mol. The fourth-order valence-corrected chi connectivity index (χ4v) is 7.18. The Labute approximate surface area is 183 Å². The molecule has 0 amide bonds. The van der Waals surface area contributed by atoms with E-state index < -0.39 is 0 Å². The molecule has 0 spiro atoms. The third-order valence-corrected chi connectivity index (χ3v) is 9.25. The molecule has 31 heavy (non-hydrogen) atoms. The molecule has 6 heterocycles. The maximum absolute atomic E-state index is 7.65. The summed E-state index contributed by atoms with van der Waals surface area (Å²) >= 11 is 0. The van der Waals surface area contributed by atoms with Gasteiger partial charge in [-0.3, -0.25) is 0 Å². The van der Waals surface area contributed by atoms with Gasteiger partial charge in [-0.2, -0.15) is 0 Å². The van der Waals surface area contributed by atoms with Crippen molar-refractivity contribution in [2.24, 2.45) is 11.8 Å². The standard InChI is InChI=1S/C24H34O7/c1(15-9-25-15)13-3-19-21(29-19)7-23(13,5-17-11-27-17)31-24(6-18-12-28-18)8-22-20(30-22)4-14(24)2-16-10-26-16/h13-22H,1-12H2. The van der Waals surface area contributed by atoms with E-state index in [1.54, 1.807) is 0 Å². The third-order valence-electron chi connectivity index (χ3n) is 9.25. The van der Waals surface area contributed by atoms with Crippen molar-refractivity contribution in [3.05, 3.63) is 0 Å². The number of fused-ring (bicyclic) bond motifs is 2. The number of epoxide rings is 6. The summed E-state index contributed by atoms with van der Waals surface area (Å²) in [5.41, 5.74) is -0.381. The molecule has 0 aromatic carbocycles. The molecule has 0 aromatic rings. The first kappa shape index (κ1) is 19.1. The molecule has 8 rings (SSSR count). The topological polar surface area (TPSA) is 84.4 Å². The van der Waals surface area contributed by atoms with Crippen LogP contribution in [0.4, 0.5) is 0 Å². The van der Waals surface area contributed by atoms with Gasteiger partial charge < -0.3 is 33.2 Å². The van der Waals surface area contributed by atoms with Crippen LogP contribution >= 0.6 is 0 Å². The summed E-state index contributed by atoms with van der Waals surface area (Å²) in [4.78, 5) is 0. The van der Waals surface area contributed by atoms with E-state index in [2.05, 4.69) is 0 Å². The zero-order chi connectivity index (χ0) is 20.2. The van der Waals surface area contributed by atoms with Crippen molar-refractivity contribution in [3.63, 3.8) is 0 Å². The molecule has 0 aromatic heterocycles. The number of rotatable bonds is 10. The van der Waals surface area contributed by atoms with Gasteiger partial charge in [-0.1, -0.05) is 0 Å². The lowest BCUT2D eigenvalue weighted by molar-refractivity contribution is -0.232. The van der Waals surface area contributed by atoms with Crippen LogP contribution in [0.15, 0.2) is 0 Å². The summed E-state index contributed by atoms with van der Waals surface area (Å²) in [5, 5.41) is 0. The van der Waals surface area contributed by atoms with Crippen LogP contribution in [0, 0.1) is 11.8 Å². The van der Waals surface area contributed by atoms with Gasteiger partial charge in [0.2, 0.25) is 0 Å². The van der Waals surface area contributed by atoms with E-state index in [-0.39, 0.29) is 11.2 Å². The van der Waals surface area contributed by atoms with Crippen molar-refractivity contribution in [1.82, 2.24) is 0 Å². The summed E-state index contributed by atoms with van der Waals surface area (Å²) < 4.78 is 42.7. The second-order valence-corrected chi connectivity index (χ2v) is 11.6. The fourth-order valence-electron chi connectivity index (χ4n) is 7.18. The lowest BCUT2D eigenvalue weighted by Gasteiger charge is -2.53. The van der Waals surface area contributed by atoms with Gasteiger partial charge in [0.15, 0.2) is 0 Å². The van der Waals surface area contributed by atoms with Gasteiger partial charge in [0.25, 0.3) is 0 Å². The van der Waals surface area contributed by atoms with Crippen molar-refractivity contribution in [2.75, 3.05) is 26.4 Å². The molecule has 8 aliphatic rings. The summed E-state index contributed by atoms with van der Waals surface area (Å²) in [6.45, 7) is 3.56. The minimum atomic E-state index is -0.190. The molecule has 12 atom stereocenters. The normalized spacial score (nSPS) is 60.0. The van der Waals surface area contributed by atoms with Crippen LogP contribution < -0.4 is 0 Å². The molecular formula is C24H34O7. The molecule has 0 N–H and O–H groups in total. The molecule has 12 unspecified atom stereocenters. The van der Waals surface area contributed by atoms with Gasteiger partial charge in [-0.25, -0.2) is 0 Å². The van der Waals surface area contributed by atoms with Crippen molar-refractivity contribution < 1.29 is 33.2 Å². The second-order valence-electron chi connectivity index (χ2n) is 11.6. The second kappa shape index (κ2) is 6.65. The molecule has 7 nitrogen and oxygen atoms in total. The molecular weight excluding hydrogens is 400 g/mol. The Morgan fingerprint density at radius 1 is 0.581 bits per heavy atom. The molecule has 7 heteroatoms. The minimum absolute atomic E-state index is 0.190. The van der Waals surface area contributed by atoms with Gasteiger partial charge in [0.05, 0.1) is 86.5 Å². The molecule has 0 bridgehead atoms. The summed E-state index contributed by atoms with van der Waals surface area (Å²) in [6, 6.07) is 0. The maximum atomic E-state index is 7.65. The third kappa shape index (κ3) is 3.78. The fraction of sp³-hybridized carbons (Fsp3) is 1.00. The van der Waals surface area contributed by atoms with E-state index in [0.29, 0.717) is 60.7 Å². The summed E-state index contributed by atoms with van der Waals surface area (Å²) in [5.74, 6) is 0.946. The zero-order valence-corrected chi connectivity index (χ0v) is 18.1. The van der Waals surface area contributed by atoms with Gasteiger partial charge in [0.1, 0.15) is 0 Å². The Morgan fingerprint density at radius 2 is 1.00 bits per heavy atom. The van der Waals surface area contributed by atoms with E-state index in [9.17, 15) is 0 Å². The van der Waals surface area contributed by atoms with Crippen molar-refractivity contribution in [1.29, 1.82) is 0 Å². The number of ether oxygens (including phenoxy) is 7. The van der Waals surface area contributed by atoms with E-state index >= 15 is 0 Å². The largest absolute Gasteiger partial charge is 0.373 e. The number of hydrogen-bond donors (Lipinski definition) is 0. The Balaban J connectivity index is 1.15.